The van der Waals surface area contributed by atoms with Gasteiger partial charge in [0.2, 0.25) is 0 Å². The summed E-state index contributed by atoms with van der Waals surface area (Å²) in [7, 11) is 2.03. The molecule has 0 unspecified atom stereocenters. The van der Waals surface area contributed by atoms with E-state index in [2.05, 4.69) is 4.90 Å². The van der Waals surface area contributed by atoms with Crippen molar-refractivity contribution in [3.63, 3.8) is 0 Å². The number of Topliss-reactive ketones (excluding diaryl/α,β-unsaturated/α-hetero) is 1. The summed E-state index contributed by atoms with van der Waals surface area (Å²) in [6.07, 6.45) is 0. The van der Waals surface area contributed by atoms with Crippen LogP contribution in [0.3, 0.4) is 0 Å². The van der Waals surface area contributed by atoms with Gasteiger partial charge in [-0.25, -0.2) is 8.78 Å². The highest BCUT2D eigenvalue weighted by molar-refractivity contribution is 5.97. The number of piperazine rings is 1. The summed E-state index contributed by atoms with van der Waals surface area (Å²) in [6, 6.07) is 2.94. The molecule has 0 spiro atoms. The van der Waals surface area contributed by atoms with Gasteiger partial charge in [-0.1, -0.05) is 0 Å². The van der Waals surface area contributed by atoms with Crippen LogP contribution in [0.5, 0.6) is 0 Å². The molecule has 2 rings (SSSR count). The lowest BCUT2D eigenvalue weighted by Crippen LogP contribution is -2.46. The van der Waals surface area contributed by atoms with E-state index in [0.29, 0.717) is 0 Å². The van der Waals surface area contributed by atoms with E-state index in [0.717, 1.165) is 44.4 Å². The third-order valence-corrected chi connectivity index (χ3v) is 3.15. The fourth-order valence-corrected chi connectivity index (χ4v) is 2.02. The van der Waals surface area contributed by atoms with E-state index in [-0.39, 0.29) is 17.9 Å². The first-order valence-electron chi connectivity index (χ1n) is 5.95. The van der Waals surface area contributed by atoms with Gasteiger partial charge in [-0.3, -0.25) is 9.69 Å². The van der Waals surface area contributed by atoms with Crippen molar-refractivity contribution in [1.82, 2.24) is 9.80 Å². The summed E-state index contributed by atoms with van der Waals surface area (Å²) in [6.45, 7) is 3.65. The van der Waals surface area contributed by atoms with E-state index in [1.165, 1.54) is 0 Å². The molecule has 98 valence electrons. The van der Waals surface area contributed by atoms with Crippen molar-refractivity contribution >= 4 is 5.78 Å². The van der Waals surface area contributed by atoms with Crippen LogP contribution in [-0.4, -0.2) is 55.4 Å². The second-order valence-corrected chi connectivity index (χ2v) is 4.66. The van der Waals surface area contributed by atoms with Gasteiger partial charge in [0, 0.05) is 37.8 Å². The molecule has 0 amide bonds. The van der Waals surface area contributed by atoms with E-state index in [1.54, 1.807) is 0 Å². The Kier molecular flexibility index (Phi) is 4.04. The molecular weight excluding hydrogens is 238 g/mol. The lowest BCUT2D eigenvalue weighted by Gasteiger charge is -2.31. The van der Waals surface area contributed by atoms with Gasteiger partial charge in [0.25, 0.3) is 0 Å². The average Bonchev–Trinajstić information content (AvgIpc) is 2.31. The molecule has 1 aliphatic heterocycles. The third kappa shape index (κ3) is 3.34. The van der Waals surface area contributed by atoms with Crippen LogP contribution in [0.4, 0.5) is 8.78 Å². The Bertz CT molecular complexity index is 422. The largest absolute Gasteiger partial charge is 0.304 e. The van der Waals surface area contributed by atoms with Gasteiger partial charge in [-0.2, -0.15) is 0 Å². The van der Waals surface area contributed by atoms with Crippen molar-refractivity contribution < 1.29 is 13.6 Å². The normalized spacial score (nSPS) is 17.9. The van der Waals surface area contributed by atoms with Crippen LogP contribution in [0.15, 0.2) is 18.2 Å². The average molecular weight is 254 g/mol. The van der Waals surface area contributed by atoms with Crippen molar-refractivity contribution in [3.05, 3.63) is 35.4 Å². The molecule has 1 aromatic carbocycles. The molecule has 3 nitrogen and oxygen atoms in total. The van der Waals surface area contributed by atoms with Gasteiger partial charge in [0.05, 0.1) is 6.54 Å². The number of benzene rings is 1. The van der Waals surface area contributed by atoms with E-state index in [9.17, 15) is 13.6 Å². The van der Waals surface area contributed by atoms with Crippen LogP contribution < -0.4 is 0 Å². The second kappa shape index (κ2) is 5.54. The maximum atomic E-state index is 13.0. The van der Waals surface area contributed by atoms with E-state index < -0.39 is 11.6 Å². The fourth-order valence-electron chi connectivity index (χ4n) is 2.02. The number of hydrogen-bond acceptors (Lipinski definition) is 3. The van der Waals surface area contributed by atoms with Gasteiger partial charge in [-0.15, -0.1) is 0 Å². The van der Waals surface area contributed by atoms with Gasteiger partial charge in [0.1, 0.15) is 11.6 Å². The fraction of sp³-hybridized carbons (Fsp3) is 0.462. The van der Waals surface area contributed by atoms with E-state index in [4.69, 9.17) is 0 Å². The minimum atomic E-state index is -0.711. The van der Waals surface area contributed by atoms with Crippen LogP contribution in [-0.2, 0) is 0 Å². The number of ketones is 1. The molecule has 0 radical (unpaired) electrons. The molecule has 5 heteroatoms. The molecule has 1 fully saturated rings. The molecule has 1 aliphatic rings. The van der Waals surface area contributed by atoms with Gasteiger partial charge < -0.3 is 4.90 Å². The molecule has 0 atom stereocenters. The number of hydrogen-bond donors (Lipinski definition) is 0. The molecule has 0 aromatic heterocycles. The quantitative estimate of drug-likeness (QED) is 0.762. The van der Waals surface area contributed by atoms with Crippen LogP contribution in [0.25, 0.3) is 0 Å². The molecule has 0 saturated carbocycles. The zero-order valence-electron chi connectivity index (χ0n) is 10.3. The van der Waals surface area contributed by atoms with Crippen molar-refractivity contribution in [2.45, 2.75) is 0 Å². The smallest absolute Gasteiger partial charge is 0.177 e. The molecular formula is C13H16F2N2O. The lowest BCUT2D eigenvalue weighted by molar-refractivity contribution is 0.0875. The number of likely N-dealkylation sites (N-methyl/N-ethyl adjacent to an activating group) is 1. The Morgan fingerprint density at radius 2 is 1.67 bits per heavy atom. The monoisotopic (exact) mass is 254 g/mol. The molecule has 0 N–H and O–H groups in total. The summed E-state index contributed by atoms with van der Waals surface area (Å²) >= 11 is 0. The van der Waals surface area contributed by atoms with Crippen LogP contribution in [0.2, 0.25) is 0 Å². The molecule has 18 heavy (non-hydrogen) atoms. The number of carbonyl (C=O) groups is 1. The molecule has 1 heterocycles. The standard InChI is InChI=1S/C13H16F2N2O/c1-16-2-4-17(5-3-16)9-13(18)10-6-11(14)8-12(15)7-10/h6-8H,2-5,9H2,1H3. The molecule has 0 aliphatic carbocycles. The Balaban J connectivity index is 1.99. The Morgan fingerprint density at radius 1 is 1.11 bits per heavy atom. The van der Waals surface area contributed by atoms with Crippen LogP contribution >= 0.6 is 0 Å². The predicted octanol–water partition coefficient (Wildman–Crippen LogP) is 1.39. The molecule has 1 saturated heterocycles. The predicted molar refractivity (Wildman–Crippen MR) is 64.6 cm³/mol. The van der Waals surface area contributed by atoms with E-state index >= 15 is 0 Å². The van der Waals surface area contributed by atoms with Gasteiger partial charge in [0.15, 0.2) is 5.78 Å². The summed E-state index contributed by atoms with van der Waals surface area (Å²) in [5, 5.41) is 0. The second-order valence-electron chi connectivity index (χ2n) is 4.66. The molecule has 1 aromatic rings. The third-order valence-electron chi connectivity index (χ3n) is 3.15. The van der Waals surface area contributed by atoms with Crippen molar-refractivity contribution in [3.8, 4) is 0 Å². The maximum Gasteiger partial charge on any atom is 0.177 e. The summed E-state index contributed by atoms with van der Waals surface area (Å²) < 4.78 is 26.0. The number of rotatable bonds is 3. The zero-order chi connectivity index (χ0) is 13.1. The maximum absolute atomic E-state index is 13.0. The minimum Gasteiger partial charge on any atom is -0.304 e. The minimum absolute atomic E-state index is 0.103. The lowest BCUT2D eigenvalue weighted by atomic mass is 10.1. The zero-order valence-corrected chi connectivity index (χ0v) is 10.3. The Morgan fingerprint density at radius 3 is 2.22 bits per heavy atom. The highest BCUT2D eigenvalue weighted by atomic mass is 19.1. The number of carbonyl (C=O) groups excluding carboxylic acids is 1. The number of nitrogens with zero attached hydrogens (tertiary/aromatic N) is 2. The first-order valence-corrected chi connectivity index (χ1v) is 5.95. The first-order chi connectivity index (χ1) is 8.54. The first kappa shape index (κ1) is 13.1. The van der Waals surface area contributed by atoms with Crippen molar-refractivity contribution in [2.75, 3.05) is 39.8 Å². The van der Waals surface area contributed by atoms with E-state index in [1.807, 2.05) is 11.9 Å². The molecule has 0 bridgehead atoms. The van der Waals surface area contributed by atoms with Crippen LogP contribution in [0, 0.1) is 11.6 Å². The summed E-state index contributed by atoms with van der Waals surface area (Å²) in [5.41, 5.74) is 0.103. The Hall–Kier alpha value is -1.33. The van der Waals surface area contributed by atoms with Gasteiger partial charge >= 0.3 is 0 Å². The highest BCUT2D eigenvalue weighted by Crippen LogP contribution is 2.10. The van der Waals surface area contributed by atoms with Crippen molar-refractivity contribution in [1.29, 1.82) is 0 Å². The SMILES string of the molecule is CN1CCN(CC(=O)c2cc(F)cc(F)c2)CC1. The Labute approximate surface area is 105 Å². The van der Waals surface area contributed by atoms with Crippen LogP contribution in [0.1, 0.15) is 10.4 Å². The summed E-state index contributed by atoms with van der Waals surface area (Å²) in [5.74, 6) is -1.66. The van der Waals surface area contributed by atoms with Crippen molar-refractivity contribution in [2.24, 2.45) is 0 Å². The number of halogens is 2. The van der Waals surface area contributed by atoms with Gasteiger partial charge in [-0.05, 0) is 19.2 Å². The summed E-state index contributed by atoms with van der Waals surface area (Å²) in [4.78, 5) is 16.1. The topological polar surface area (TPSA) is 23.6 Å². The highest BCUT2D eigenvalue weighted by Gasteiger charge is 2.18.